The van der Waals surface area contributed by atoms with Crippen molar-refractivity contribution in [3.63, 3.8) is 0 Å². The summed E-state index contributed by atoms with van der Waals surface area (Å²) in [6.45, 7) is 2.54. The van der Waals surface area contributed by atoms with Crippen LogP contribution >= 0.6 is 0 Å². The van der Waals surface area contributed by atoms with Gasteiger partial charge in [0.2, 0.25) is 5.91 Å². The van der Waals surface area contributed by atoms with Crippen LogP contribution in [0.25, 0.3) is 0 Å². The average Bonchev–Trinajstić information content (AvgIpc) is 2.55. The molecule has 5 heteroatoms. The van der Waals surface area contributed by atoms with E-state index >= 15 is 0 Å². The Bertz CT molecular complexity index is 442. The smallest absolute Gasteiger partial charge is 0.224 e. The summed E-state index contributed by atoms with van der Waals surface area (Å²) in [5, 5.41) is 2.96. The second-order valence-electron chi connectivity index (χ2n) is 5.59. The monoisotopic (exact) mass is 306 g/mol. The van der Waals surface area contributed by atoms with Crippen molar-refractivity contribution in [2.45, 2.75) is 38.2 Å². The molecule has 0 aliphatic carbocycles. The summed E-state index contributed by atoms with van der Waals surface area (Å²) in [5.41, 5.74) is 6.36. The minimum Gasteiger partial charge on any atom is -0.492 e. The Hall–Kier alpha value is -1.59. The van der Waals surface area contributed by atoms with Gasteiger partial charge in [0.1, 0.15) is 12.4 Å². The zero-order valence-corrected chi connectivity index (χ0v) is 13.1. The molecule has 1 aromatic rings. The lowest BCUT2D eigenvalue weighted by Gasteiger charge is -2.22. The summed E-state index contributed by atoms with van der Waals surface area (Å²) in [6.07, 6.45) is 5.11. The molecule has 0 radical (unpaired) electrons. The van der Waals surface area contributed by atoms with E-state index in [-0.39, 0.29) is 5.91 Å². The highest BCUT2D eigenvalue weighted by molar-refractivity contribution is 5.78. The molecule has 0 aromatic heterocycles. The summed E-state index contributed by atoms with van der Waals surface area (Å²) in [7, 11) is 0. The molecular weight excluding hydrogens is 280 g/mol. The Morgan fingerprint density at radius 3 is 2.82 bits per heavy atom. The van der Waals surface area contributed by atoms with Crippen molar-refractivity contribution in [2.24, 2.45) is 5.73 Å². The van der Waals surface area contributed by atoms with Crippen LogP contribution in [0.15, 0.2) is 24.3 Å². The van der Waals surface area contributed by atoms with Gasteiger partial charge in [0, 0.05) is 19.7 Å². The van der Waals surface area contributed by atoms with Crippen molar-refractivity contribution in [1.82, 2.24) is 5.32 Å². The summed E-state index contributed by atoms with van der Waals surface area (Å²) < 4.78 is 11.1. The van der Waals surface area contributed by atoms with E-state index in [0.29, 0.717) is 32.2 Å². The third kappa shape index (κ3) is 6.03. The van der Waals surface area contributed by atoms with Gasteiger partial charge < -0.3 is 20.5 Å². The third-order valence-electron chi connectivity index (χ3n) is 3.74. The van der Waals surface area contributed by atoms with Crippen LogP contribution in [0.5, 0.6) is 5.75 Å². The van der Waals surface area contributed by atoms with E-state index < -0.39 is 0 Å². The first-order valence-corrected chi connectivity index (χ1v) is 8.08. The van der Waals surface area contributed by atoms with Crippen molar-refractivity contribution in [3.05, 3.63) is 29.8 Å². The van der Waals surface area contributed by atoms with Gasteiger partial charge in [0.05, 0.1) is 12.5 Å². The van der Waals surface area contributed by atoms with Gasteiger partial charge in [0.15, 0.2) is 0 Å². The first-order chi connectivity index (χ1) is 10.8. The molecule has 3 N–H and O–H groups in total. The highest BCUT2D eigenvalue weighted by Crippen LogP contribution is 2.15. The number of nitrogens with one attached hydrogen (secondary N) is 1. The van der Waals surface area contributed by atoms with Gasteiger partial charge in [-0.15, -0.1) is 0 Å². The van der Waals surface area contributed by atoms with Crippen LogP contribution in [-0.2, 0) is 16.0 Å². The van der Waals surface area contributed by atoms with E-state index in [1.54, 1.807) is 0 Å². The first-order valence-electron chi connectivity index (χ1n) is 8.08. The molecule has 2 rings (SSSR count). The molecule has 0 spiro atoms. The molecular formula is C17H26N2O3. The van der Waals surface area contributed by atoms with Crippen LogP contribution in [0.1, 0.15) is 31.2 Å². The van der Waals surface area contributed by atoms with Gasteiger partial charge in [-0.2, -0.15) is 0 Å². The van der Waals surface area contributed by atoms with Crippen LogP contribution in [0.4, 0.5) is 0 Å². The van der Waals surface area contributed by atoms with Crippen molar-refractivity contribution in [3.8, 4) is 5.75 Å². The van der Waals surface area contributed by atoms with E-state index in [4.69, 9.17) is 15.2 Å². The fraction of sp³-hybridized carbons (Fsp3) is 0.588. The number of ether oxygens (including phenoxy) is 2. The molecule has 1 heterocycles. The maximum atomic E-state index is 11.9. The predicted octanol–water partition coefficient (Wildman–Crippen LogP) is 1.64. The van der Waals surface area contributed by atoms with Crippen molar-refractivity contribution >= 4 is 5.91 Å². The Balaban J connectivity index is 1.65. The van der Waals surface area contributed by atoms with E-state index in [1.165, 1.54) is 6.42 Å². The summed E-state index contributed by atoms with van der Waals surface area (Å²) in [5.74, 6) is 0.829. The molecule has 22 heavy (non-hydrogen) atoms. The highest BCUT2D eigenvalue weighted by Gasteiger charge is 2.13. The normalized spacial score (nSPS) is 18.0. The lowest BCUT2D eigenvalue weighted by atomic mass is 10.1. The Kier molecular flexibility index (Phi) is 7.19. The van der Waals surface area contributed by atoms with Gasteiger partial charge in [-0.05, 0) is 43.4 Å². The second-order valence-corrected chi connectivity index (χ2v) is 5.59. The number of carbonyl (C=O) groups excluding carboxylic acids is 1. The maximum Gasteiger partial charge on any atom is 0.224 e. The minimum atomic E-state index is 0.0476. The molecule has 5 nitrogen and oxygen atoms in total. The van der Waals surface area contributed by atoms with Gasteiger partial charge >= 0.3 is 0 Å². The zero-order chi connectivity index (χ0) is 15.6. The molecule has 122 valence electrons. The zero-order valence-electron chi connectivity index (χ0n) is 13.1. The number of amides is 1. The second kappa shape index (κ2) is 9.43. The lowest BCUT2D eigenvalue weighted by Crippen LogP contribution is -2.30. The summed E-state index contributed by atoms with van der Waals surface area (Å²) in [4.78, 5) is 11.9. The van der Waals surface area contributed by atoms with E-state index in [1.807, 2.05) is 24.3 Å². The van der Waals surface area contributed by atoms with Crippen molar-refractivity contribution in [1.29, 1.82) is 0 Å². The van der Waals surface area contributed by atoms with Crippen LogP contribution in [-0.4, -0.2) is 38.3 Å². The number of rotatable bonds is 8. The van der Waals surface area contributed by atoms with Crippen molar-refractivity contribution in [2.75, 3.05) is 26.3 Å². The fourth-order valence-corrected chi connectivity index (χ4v) is 2.54. The molecule has 1 aliphatic rings. The SMILES string of the molecule is NCCOc1ccc(CC(=O)NCCC2CCCCO2)cc1. The number of benzene rings is 1. The summed E-state index contributed by atoms with van der Waals surface area (Å²) >= 11 is 0. The largest absolute Gasteiger partial charge is 0.492 e. The van der Waals surface area contributed by atoms with Gasteiger partial charge in [0.25, 0.3) is 0 Å². The Morgan fingerprint density at radius 2 is 2.14 bits per heavy atom. The molecule has 1 aromatic carbocycles. The Labute approximate surface area is 132 Å². The molecule has 0 bridgehead atoms. The molecule has 1 amide bonds. The standard InChI is InChI=1S/C17H26N2O3/c18-9-12-22-16-6-4-14(5-7-16)13-17(20)19-10-8-15-3-1-2-11-21-15/h4-7,15H,1-3,8-13,18H2,(H,19,20). The minimum absolute atomic E-state index is 0.0476. The van der Waals surface area contributed by atoms with Crippen molar-refractivity contribution < 1.29 is 14.3 Å². The van der Waals surface area contributed by atoms with Crippen LogP contribution in [0, 0.1) is 0 Å². The molecule has 1 aliphatic heterocycles. The van der Waals surface area contributed by atoms with Gasteiger partial charge in [-0.25, -0.2) is 0 Å². The maximum absolute atomic E-state index is 11.9. The van der Waals surface area contributed by atoms with Crippen LogP contribution < -0.4 is 15.8 Å². The van der Waals surface area contributed by atoms with E-state index in [0.717, 1.165) is 37.2 Å². The van der Waals surface area contributed by atoms with Crippen LogP contribution in [0.2, 0.25) is 0 Å². The molecule has 0 saturated carbocycles. The number of nitrogens with two attached hydrogens (primary N) is 1. The lowest BCUT2D eigenvalue weighted by molar-refractivity contribution is -0.120. The molecule has 1 unspecified atom stereocenters. The average molecular weight is 306 g/mol. The predicted molar refractivity (Wildman–Crippen MR) is 85.9 cm³/mol. The fourth-order valence-electron chi connectivity index (χ4n) is 2.54. The number of hydrogen-bond acceptors (Lipinski definition) is 4. The molecule has 1 fully saturated rings. The van der Waals surface area contributed by atoms with Crippen LogP contribution in [0.3, 0.4) is 0 Å². The first kappa shape index (κ1) is 16.8. The van der Waals surface area contributed by atoms with Gasteiger partial charge in [-0.1, -0.05) is 12.1 Å². The Morgan fingerprint density at radius 1 is 1.32 bits per heavy atom. The summed E-state index contributed by atoms with van der Waals surface area (Å²) in [6, 6.07) is 7.56. The van der Waals surface area contributed by atoms with E-state index in [9.17, 15) is 4.79 Å². The quantitative estimate of drug-likeness (QED) is 0.766. The van der Waals surface area contributed by atoms with E-state index in [2.05, 4.69) is 5.32 Å². The van der Waals surface area contributed by atoms with Gasteiger partial charge in [-0.3, -0.25) is 4.79 Å². The third-order valence-corrected chi connectivity index (χ3v) is 3.74. The number of carbonyl (C=O) groups is 1. The molecule has 1 atom stereocenters. The highest BCUT2D eigenvalue weighted by atomic mass is 16.5. The number of hydrogen-bond donors (Lipinski definition) is 2. The molecule has 1 saturated heterocycles. The topological polar surface area (TPSA) is 73.6 Å².